The van der Waals surface area contributed by atoms with E-state index in [0.717, 1.165) is 0 Å². The molecule has 4 heteroatoms. The number of halogens is 2. The normalized spacial score (nSPS) is 17.5. The van der Waals surface area contributed by atoms with E-state index in [1.165, 1.54) is 13.0 Å². The minimum atomic E-state index is -1.62. The monoisotopic (exact) mass is 153 g/mol. The molecule has 1 unspecified atom stereocenters. The van der Waals surface area contributed by atoms with E-state index in [9.17, 15) is 0 Å². The number of nitrogens with zero attached hydrogens (tertiary/aromatic N) is 1. The summed E-state index contributed by atoms with van der Waals surface area (Å²) in [6.45, 7) is 1.25. The maximum Gasteiger partial charge on any atom is 0.178 e. The highest BCUT2D eigenvalue weighted by molar-refractivity contribution is 6.45. The summed E-state index contributed by atoms with van der Waals surface area (Å²) < 4.78 is 0. The molecule has 2 nitrogen and oxygen atoms in total. The van der Waals surface area contributed by atoms with Crippen molar-refractivity contribution in [3.8, 4) is 6.07 Å². The summed E-state index contributed by atoms with van der Waals surface area (Å²) in [7, 11) is 0. The van der Waals surface area contributed by atoms with Crippen molar-refractivity contribution in [1.29, 1.82) is 5.26 Å². The van der Waals surface area contributed by atoms with Gasteiger partial charge in [-0.3, -0.25) is 0 Å². The van der Waals surface area contributed by atoms with Crippen LogP contribution in [0.25, 0.3) is 0 Å². The van der Waals surface area contributed by atoms with Crippen molar-refractivity contribution in [2.24, 2.45) is 0 Å². The number of nitriles is 1. The first-order chi connectivity index (χ1) is 3.50. The second-order valence-corrected chi connectivity index (χ2v) is 2.66. The van der Waals surface area contributed by atoms with Crippen LogP contribution in [0.1, 0.15) is 6.92 Å². The fraction of sp³-hybridized carbons (Fsp3) is 0.750. The van der Waals surface area contributed by atoms with E-state index in [-0.39, 0.29) is 0 Å². The zero-order valence-electron chi connectivity index (χ0n) is 4.23. The lowest BCUT2D eigenvalue weighted by Gasteiger charge is -2.13. The van der Waals surface area contributed by atoms with Gasteiger partial charge in [0, 0.05) is 0 Å². The molecule has 0 bridgehead atoms. The van der Waals surface area contributed by atoms with Crippen LogP contribution in [0.3, 0.4) is 0 Å². The molecular weight excluding hydrogens is 149 g/mol. The quantitative estimate of drug-likeness (QED) is 0.453. The van der Waals surface area contributed by atoms with Crippen LogP contribution in [-0.4, -0.2) is 15.5 Å². The molecule has 0 aromatic carbocycles. The number of hydrogen-bond acceptors (Lipinski definition) is 2. The van der Waals surface area contributed by atoms with Gasteiger partial charge in [-0.1, -0.05) is 0 Å². The first-order valence-electron chi connectivity index (χ1n) is 1.92. The molecule has 0 saturated carbocycles. The van der Waals surface area contributed by atoms with Crippen LogP contribution in [0.15, 0.2) is 0 Å². The largest absolute Gasteiger partial charge is 0.373 e. The molecule has 0 spiro atoms. The van der Waals surface area contributed by atoms with Crippen LogP contribution in [-0.2, 0) is 0 Å². The summed E-state index contributed by atoms with van der Waals surface area (Å²) in [6, 6.07) is 1.53. The highest BCUT2D eigenvalue weighted by atomic mass is 35.5. The summed E-state index contributed by atoms with van der Waals surface area (Å²) in [4.78, 5) is -1.05. The molecule has 0 aromatic heterocycles. The molecule has 0 aliphatic heterocycles. The van der Waals surface area contributed by atoms with Gasteiger partial charge in [0.2, 0.25) is 0 Å². The van der Waals surface area contributed by atoms with Crippen molar-refractivity contribution >= 4 is 23.2 Å². The van der Waals surface area contributed by atoms with Gasteiger partial charge >= 0.3 is 0 Å². The minimum Gasteiger partial charge on any atom is -0.373 e. The molecular formula is C4H5Cl2NO. The van der Waals surface area contributed by atoms with Crippen LogP contribution in [0.2, 0.25) is 0 Å². The van der Waals surface area contributed by atoms with Gasteiger partial charge in [0.1, 0.15) is 4.84 Å². The van der Waals surface area contributed by atoms with E-state index in [0.29, 0.717) is 0 Å². The predicted octanol–water partition coefficient (Wildman–Crippen LogP) is 1.06. The average Bonchev–Trinajstić information content (AvgIpc) is 1.67. The van der Waals surface area contributed by atoms with Gasteiger partial charge in [0.25, 0.3) is 0 Å². The number of hydrogen-bond donors (Lipinski definition) is 1. The van der Waals surface area contributed by atoms with Gasteiger partial charge in [-0.15, -0.1) is 23.2 Å². The summed E-state index contributed by atoms with van der Waals surface area (Å²) in [5, 5.41) is 16.9. The standard InChI is InChI=1S/C4H5Cl2NO/c1-4(8,2-7)3(5)6/h3,8H,1H3. The van der Waals surface area contributed by atoms with Crippen molar-refractivity contribution in [1.82, 2.24) is 0 Å². The fourth-order valence-electron chi connectivity index (χ4n) is 0.0488. The molecule has 0 amide bonds. The molecule has 8 heavy (non-hydrogen) atoms. The van der Waals surface area contributed by atoms with E-state index < -0.39 is 10.4 Å². The van der Waals surface area contributed by atoms with Crippen molar-refractivity contribution < 1.29 is 5.11 Å². The van der Waals surface area contributed by atoms with E-state index in [4.69, 9.17) is 33.6 Å². The van der Waals surface area contributed by atoms with Crippen LogP contribution in [0.5, 0.6) is 0 Å². The Kier molecular flexibility index (Phi) is 2.55. The smallest absolute Gasteiger partial charge is 0.178 e. The first kappa shape index (κ1) is 8.03. The van der Waals surface area contributed by atoms with E-state index in [2.05, 4.69) is 0 Å². The summed E-state index contributed by atoms with van der Waals surface area (Å²) in [5.41, 5.74) is -1.62. The Morgan fingerprint density at radius 2 is 2.12 bits per heavy atom. The van der Waals surface area contributed by atoms with Crippen LogP contribution in [0.4, 0.5) is 0 Å². The Bertz CT molecular complexity index is 116. The van der Waals surface area contributed by atoms with Crippen LogP contribution >= 0.6 is 23.2 Å². The maximum absolute atomic E-state index is 8.78. The zero-order chi connectivity index (χ0) is 6.78. The van der Waals surface area contributed by atoms with Gasteiger partial charge in [-0.05, 0) is 6.92 Å². The molecule has 1 N–H and O–H groups in total. The Hall–Kier alpha value is 0.0300. The third-order valence-electron chi connectivity index (χ3n) is 0.651. The van der Waals surface area contributed by atoms with Gasteiger partial charge in [0.15, 0.2) is 5.60 Å². The molecule has 0 saturated heterocycles. The minimum absolute atomic E-state index is 1.05. The topological polar surface area (TPSA) is 44.0 Å². The Morgan fingerprint density at radius 3 is 2.12 bits per heavy atom. The average molecular weight is 154 g/mol. The van der Waals surface area contributed by atoms with Crippen molar-refractivity contribution in [2.75, 3.05) is 0 Å². The highest BCUT2D eigenvalue weighted by Gasteiger charge is 2.27. The molecule has 0 rings (SSSR count). The van der Waals surface area contributed by atoms with Crippen LogP contribution < -0.4 is 0 Å². The predicted molar refractivity (Wildman–Crippen MR) is 31.7 cm³/mol. The maximum atomic E-state index is 8.78. The van der Waals surface area contributed by atoms with Gasteiger partial charge in [0.05, 0.1) is 6.07 Å². The van der Waals surface area contributed by atoms with Gasteiger partial charge in [-0.2, -0.15) is 5.26 Å². The Morgan fingerprint density at radius 1 is 1.75 bits per heavy atom. The Balaban J connectivity index is 3.97. The highest BCUT2D eigenvalue weighted by Crippen LogP contribution is 2.17. The van der Waals surface area contributed by atoms with Gasteiger partial charge in [-0.25, -0.2) is 0 Å². The second kappa shape index (κ2) is 2.54. The summed E-state index contributed by atoms with van der Waals surface area (Å²) in [6.07, 6.45) is 0. The van der Waals surface area contributed by atoms with Crippen molar-refractivity contribution in [3.05, 3.63) is 0 Å². The third kappa shape index (κ3) is 1.87. The molecule has 1 atom stereocenters. The first-order valence-corrected chi connectivity index (χ1v) is 2.80. The lowest BCUT2D eigenvalue weighted by atomic mass is 10.2. The van der Waals surface area contributed by atoms with Gasteiger partial charge < -0.3 is 5.11 Å². The van der Waals surface area contributed by atoms with E-state index >= 15 is 0 Å². The molecule has 0 heterocycles. The molecule has 0 fully saturated rings. The van der Waals surface area contributed by atoms with Crippen molar-refractivity contribution in [2.45, 2.75) is 17.4 Å². The molecule has 0 aliphatic carbocycles. The molecule has 0 aliphatic rings. The lowest BCUT2D eigenvalue weighted by molar-refractivity contribution is 0.134. The lowest BCUT2D eigenvalue weighted by Crippen LogP contribution is -2.29. The van der Waals surface area contributed by atoms with Crippen LogP contribution in [0, 0.1) is 11.3 Å². The third-order valence-corrected chi connectivity index (χ3v) is 1.50. The number of rotatable bonds is 1. The number of aliphatic hydroxyl groups is 1. The summed E-state index contributed by atoms with van der Waals surface area (Å²) in [5.74, 6) is 0. The zero-order valence-corrected chi connectivity index (χ0v) is 5.74. The summed E-state index contributed by atoms with van der Waals surface area (Å²) >= 11 is 10.3. The SMILES string of the molecule is CC(O)(C#N)C(Cl)Cl. The Labute approximate surface area is 57.6 Å². The molecule has 0 aromatic rings. The second-order valence-electron chi connectivity index (χ2n) is 1.56. The van der Waals surface area contributed by atoms with E-state index in [1.54, 1.807) is 0 Å². The molecule has 46 valence electrons. The number of alkyl halides is 2. The van der Waals surface area contributed by atoms with Crippen molar-refractivity contribution in [3.63, 3.8) is 0 Å². The molecule has 0 radical (unpaired) electrons. The fourth-order valence-corrected chi connectivity index (χ4v) is 0.146. The van der Waals surface area contributed by atoms with E-state index in [1.807, 2.05) is 0 Å².